The van der Waals surface area contributed by atoms with Crippen LogP contribution in [0.5, 0.6) is 0 Å². The van der Waals surface area contributed by atoms with Crippen LogP contribution in [0.4, 0.5) is 5.69 Å². The fourth-order valence-corrected chi connectivity index (χ4v) is 3.76. The van der Waals surface area contributed by atoms with Crippen molar-refractivity contribution in [2.45, 2.75) is 45.6 Å². The van der Waals surface area contributed by atoms with Crippen molar-refractivity contribution in [3.05, 3.63) is 70.9 Å². The van der Waals surface area contributed by atoms with Crippen LogP contribution in [0.1, 0.15) is 46.9 Å². The second kappa shape index (κ2) is 8.03. The lowest BCUT2D eigenvalue weighted by Gasteiger charge is -2.21. The first-order valence-electron chi connectivity index (χ1n) is 10.0. The summed E-state index contributed by atoms with van der Waals surface area (Å²) in [5.41, 5.74) is 5.06. The Morgan fingerprint density at radius 1 is 1.03 bits per heavy atom. The Balaban J connectivity index is 1.58. The number of aromatic nitrogens is 1. The number of hydrogen-bond acceptors (Lipinski definition) is 4. The second-order valence-corrected chi connectivity index (χ2v) is 7.54. The number of carbonyl (C=O) groups is 2. The van der Waals surface area contributed by atoms with Gasteiger partial charge >= 0.3 is 5.97 Å². The molecule has 4 rings (SSSR count). The molecule has 0 fully saturated rings. The average molecular weight is 388 g/mol. The van der Waals surface area contributed by atoms with Crippen molar-refractivity contribution in [1.29, 1.82) is 0 Å². The third kappa shape index (κ3) is 3.99. The molecule has 1 atom stereocenters. The van der Waals surface area contributed by atoms with Gasteiger partial charge in [-0.25, -0.2) is 4.79 Å². The number of nitrogens with zero attached hydrogens (tertiary/aromatic N) is 1. The number of aryl methyl sites for hydroxylation is 2. The molecule has 1 aliphatic carbocycles. The molecular formula is C24H24N2O3. The molecule has 3 aromatic rings. The minimum absolute atomic E-state index is 0.352. The Labute approximate surface area is 170 Å². The quantitative estimate of drug-likeness (QED) is 0.663. The number of esters is 1. The van der Waals surface area contributed by atoms with E-state index < -0.39 is 12.1 Å². The predicted molar refractivity (Wildman–Crippen MR) is 113 cm³/mol. The largest absolute Gasteiger partial charge is 0.449 e. The van der Waals surface area contributed by atoms with E-state index in [-0.39, 0.29) is 5.91 Å². The molecule has 0 unspecified atom stereocenters. The number of carbonyl (C=O) groups excluding carboxylic acids is 2. The fraction of sp³-hybridized carbons (Fsp3) is 0.292. The van der Waals surface area contributed by atoms with E-state index in [1.807, 2.05) is 55.5 Å². The molecule has 5 heteroatoms. The lowest BCUT2D eigenvalue weighted by molar-refractivity contribution is -0.123. The fourth-order valence-electron chi connectivity index (χ4n) is 3.76. The molecule has 0 radical (unpaired) electrons. The Hall–Kier alpha value is -3.21. The van der Waals surface area contributed by atoms with Gasteiger partial charge in [-0.3, -0.25) is 9.78 Å². The zero-order valence-electron chi connectivity index (χ0n) is 16.7. The Morgan fingerprint density at radius 3 is 2.55 bits per heavy atom. The SMILES string of the molecule is Cc1ccc(NC(=O)[C@@H](C)OC(=O)c2c3c(nc4ccccc24)CCCC3)cc1. The minimum Gasteiger partial charge on any atom is -0.449 e. The summed E-state index contributed by atoms with van der Waals surface area (Å²) in [7, 11) is 0. The highest BCUT2D eigenvalue weighted by atomic mass is 16.5. The lowest BCUT2D eigenvalue weighted by atomic mass is 9.90. The van der Waals surface area contributed by atoms with Crippen molar-refractivity contribution < 1.29 is 14.3 Å². The highest BCUT2D eigenvalue weighted by Crippen LogP contribution is 2.30. The summed E-state index contributed by atoms with van der Waals surface area (Å²) in [6, 6.07) is 15.1. The summed E-state index contributed by atoms with van der Waals surface area (Å²) >= 11 is 0. The molecule has 0 spiro atoms. The second-order valence-electron chi connectivity index (χ2n) is 7.54. The van der Waals surface area contributed by atoms with Crippen LogP contribution in [-0.2, 0) is 22.4 Å². The van der Waals surface area contributed by atoms with Gasteiger partial charge in [0.25, 0.3) is 5.91 Å². The van der Waals surface area contributed by atoms with Gasteiger partial charge in [-0.05, 0) is 63.3 Å². The van der Waals surface area contributed by atoms with E-state index in [1.165, 1.54) is 0 Å². The zero-order chi connectivity index (χ0) is 20.4. The van der Waals surface area contributed by atoms with Crippen molar-refractivity contribution in [1.82, 2.24) is 4.98 Å². The first-order valence-corrected chi connectivity index (χ1v) is 10.0. The van der Waals surface area contributed by atoms with E-state index in [2.05, 4.69) is 5.32 Å². The normalized spacial score (nSPS) is 14.1. The van der Waals surface area contributed by atoms with E-state index in [1.54, 1.807) is 6.92 Å². The van der Waals surface area contributed by atoms with Gasteiger partial charge in [0, 0.05) is 16.8 Å². The molecule has 29 heavy (non-hydrogen) atoms. The summed E-state index contributed by atoms with van der Waals surface area (Å²) in [6.07, 6.45) is 2.86. The lowest BCUT2D eigenvalue weighted by Crippen LogP contribution is -2.30. The number of benzene rings is 2. The molecule has 1 N–H and O–H groups in total. The minimum atomic E-state index is -0.907. The molecule has 0 aliphatic heterocycles. The van der Waals surface area contributed by atoms with Crippen LogP contribution in [0.25, 0.3) is 10.9 Å². The van der Waals surface area contributed by atoms with Gasteiger partial charge in [0.2, 0.25) is 0 Å². The van der Waals surface area contributed by atoms with Crippen LogP contribution < -0.4 is 5.32 Å². The molecule has 0 bridgehead atoms. The highest BCUT2D eigenvalue weighted by Gasteiger charge is 2.26. The number of para-hydroxylation sites is 1. The number of pyridine rings is 1. The van der Waals surface area contributed by atoms with E-state index in [4.69, 9.17) is 9.72 Å². The van der Waals surface area contributed by atoms with Gasteiger partial charge in [-0.1, -0.05) is 35.9 Å². The third-order valence-corrected chi connectivity index (χ3v) is 5.35. The number of amides is 1. The van der Waals surface area contributed by atoms with E-state index in [0.717, 1.165) is 53.4 Å². The first-order chi connectivity index (χ1) is 14.0. The standard InChI is InChI=1S/C24H24N2O3/c1-15-11-13-17(14-12-15)25-23(27)16(2)29-24(28)22-18-7-3-5-9-20(18)26-21-10-6-4-8-19(21)22/h3,5,7,9,11-14,16H,4,6,8,10H2,1-2H3,(H,25,27)/t16-/m1/s1. The number of hydrogen-bond donors (Lipinski definition) is 1. The van der Waals surface area contributed by atoms with Gasteiger partial charge < -0.3 is 10.1 Å². The molecule has 1 amide bonds. The summed E-state index contributed by atoms with van der Waals surface area (Å²) in [5.74, 6) is -0.817. The van der Waals surface area contributed by atoms with E-state index in [0.29, 0.717) is 11.3 Å². The number of anilines is 1. The van der Waals surface area contributed by atoms with E-state index >= 15 is 0 Å². The number of rotatable bonds is 4. The van der Waals surface area contributed by atoms with Gasteiger partial charge in [-0.15, -0.1) is 0 Å². The third-order valence-electron chi connectivity index (χ3n) is 5.35. The van der Waals surface area contributed by atoms with Gasteiger partial charge in [0.1, 0.15) is 0 Å². The Kier molecular flexibility index (Phi) is 5.30. The van der Waals surface area contributed by atoms with Crippen molar-refractivity contribution in [2.24, 2.45) is 0 Å². The van der Waals surface area contributed by atoms with Crippen LogP contribution in [0.3, 0.4) is 0 Å². The molecule has 148 valence electrons. The highest BCUT2D eigenvalue weighted by molar-refractivity contribution is 6.06. The monoisotopic (exact) mass is 388 g/mol. The molecule has 5 nitrogen and oxygen atoms in total. The van der Waals surface area contributed by atoms with E-state index in [9.17, 15) is 9.59 Å². The molecule has 2 aromatic carbocycles. The number of fused-ring (bicyclic) bond motifs is 2. The molecule has 0 saturated heterocycles. The topological polar surface area (TPSA) is 68.3 Å². The van der Waals surface area contributed by atoms with Gasteiger partial charge in [0.05, 0.1) is 11.1 Å². The van der Waals surface area contributed by atoms with Crippen molar-refractivity contribution in [2.75, 3.05) is 5.32 Å². The smallest absolute Gasteiger partial charge is 0.339 e. The van der Waals surface area contributed by atoms with Gasteiger partial charge in [0.15, 0.2) is 6.10 Å². The number of nitrogens with one attached hydrogen (secondary N) is 1. The van der Waals surface area contributed by atoms with Crippen LogP contribution >= 0.6 is 0 Å². The molecule has 0 saturated carbocycles. The summed E-state index contributed by atoms with van der Waals surface area (Å²) in [5, 5.41) is 3.58. The first kappa shape index (κ1) is 19.1. The Morgan fingerprint density at radius 2 is 1.76 bits per heavy atom. The molecule has 1 heterocycles. The van der Waals surface area contributed by atoms with Gasteiger partial charge in [-0.2, -0.15) is 0 Å². The molecular weight excluding hydrogens is 364 g/mol. The van der Waals surface area contributed by atoms with Crippen LogP contribution in [-0.4, -0.2) is 23.0 Å². The predicted octanol–water partition coefficient (Wildman–Crippen LogP) is 4.61. The Bertz CT molecular complexity index is 1070. The maximum atomic E-state index is 13.1. The van der Waals surface area contributed by atoms with Crippen molar-refractivity contribution in [3.8, 4) is 0 Å². The summed E-state index contributed by atoms with van der Waals surface area (Å²) < 4.78 is 5.59. The van der Waals surface area contributed by atoms with Crippen LogP contribution in [0.15, 0.2) is 48.5 Å². The maximum Gasteiger partial charge on any atom is 0.339 e. The molecule has 1 aromatic heterocycles. The van der Waals surface area contributed by atoms with Crippen LogP contribution in [0.2, 0.25) is 0 Å². The maximum absolute atomic E-state index is 13.1. The van der Waals surface area contributed by atoms with Crippen molar-refractivity contribution in [3.63, 3.8) is 0 Å². The summed E-state index contributed by atoms with van der Waals surface area (Å²) in [4.78, 5) is 30.4. The number of ether oxygens (including phenoxy) is 1. The summed E-state index contributed by atoms with van der Waals surface area (Å²) in [6.45, 7) is 3.58. The zero-order valence-corrected chi connectivity index (χ0v) is 16.7. The van der Waals surface area contributed by atoms with Crippen molar-refractivity contribution >= 4 is 28.5 Å². The average Bonchev–Trinajstić information content (AvgIpc) is 2.73. The van der Waals surface area contributed by atoms with Crippen LogP contribution in [0, 0.1) is 6.92 Å². The molecule has 1 aliphatic rings.